The van der Waals surface area contributed by atoms with Crippen LogP contribution in [0.2, 0.25) is 0 Å². The Balaban J connectivity index is 1.31. The first-order valence-electron chi connectivity index (χ1n) is 8.96. The predicted octanol–water partition coefficient (Wildman–Crippen LogP) is 2.47. The number of para-hydroxylation sites is 1. The number of nitrogens with two attached hydrogens (primary N) is 2. The maximum absolute atomic E-state index is 12.2. The number of nitrogens with one attached hydrogen (secondary N) is 3. The summed E-state index contributed by atoms with van der Waals surface area (Å²) in [6.07, 6.45) is 0.930. The summed E-state index contributed by atoms with van der Waals surface area (Å²) in [5.74, 6) is 0.829. The van der Waals surface area contributed by atoms with Gasteiger partial charge in [0, 0.05) is 12.2 Å². The van der Waals surface area contributed by atoms with Gasteiger partial charge >= 0.3 is 0 Å². The van der Waals surface area contributed by atoms with E-state index >= 15 is 0 Å². The molecule has 0 saturated heterocycles. The number of hydrogen-bond acceptors (Lipinski definition) is 7. The minimum absolute atomic E-state index is 0.162. The summed E-state index contributed by atoms with van der Waals surface area (Å²) in [7, 11) is 0. The van der Waals surface area contributed by atoms with E-state index in [0.29, 0.717) is 63.0 Å². The topological polar surface area (TPSA) is 156 Å². The number of hydrogen-bond donors (Lipinski definition) is 5. The van der Waals surface area contributed by atoms with Gasteiger partial charge in [0.1, 0.15) is 0 Å². The molecule has 2 aromatic heterocycles. The van der Waals surface area contributed by atoms with Crippen molar-refractivity contribution in [2.24, 2.45) is 0 Å². The van der Waals surface area contributed by atoms with E-state index in [1.54, 1.807) is 30.3 Å². The first-order chi connectivity index (χ1) is 14.0. The number of carbonyl (C=O) groups excluding carboxylic acids is 1. The van der Waals surface area contributed by atoms with Crippen molar-refractivity contribution >= 4 is 56.9 Å². The molecule has 0 aliphatic carbocycles. The zero-order valence-corrected chi connectivity index (χ0v) is 16.2. The molecule has 0 aliphatic rings. The second-order valence-electron chi connectivity index (χ2n) is 6.47. The molecule has 4 aromatic rings. The molecule has 9 nitrogen and oxygen atoms in total. The molecule has 0 fully saturated rings. The number of nitrogen functional groups attached to an aromatic ring is 2. The summed E-state index contributed by atoms with van der Waals surface area (Å²) in [6.45, 7) is 0. The standard InChI is InChI=1S/C19H19N7O2S/c20-11-8-14-15(9-12(11)21)23-18(22-14)25-16(27)6-3-7-29-19-24-13-5-2-1-4-10(13)17(28)26-19/h1-2,4-5,8-9H,3,6-7,20-21H2,(H,24,26,28)(H2,22,23,25,27). The zero-order valence-electron chi connectivity index (χ0n) is 15.4. The minimum atomic E-state index is -0.165. The molecule has 1 amide bonds. The monoisotopic (exact) mass is 409 g/mol. The maximum Gasteiger partial charge on any atom is 0.259 e. The van der Waals surface area contributed by atoms with E-state index in [1.165, 1.54) is 11.8 Å². The number of thioether (sulfide) groups is 1. The highest BCUT2D eigenvalue weighted by Crippen LogP contribution is 2.23. The lowest BCUT2D eigenvalue weighted by atomic mass is 10.2. The van der Waals surface area contributed by atoms with Crippen LogP contribution in [-0.4, -0.2) is 31.6 Å². The van der Waals surface area contributed by atoms with E-state index < -0.39 is 0 Å². The Labute approximate surface area is 169 Å². The van der Waals surface area contributed by atoms with Crippen molar-refractivity contribution < 1.29 is 4.79 Å². The lowest BCUT2D eigenvalue weighted by Crippen LogP contribution is -2.12. The molecule has 0 radical (unpaired) electrons. The number of H-pyrrole nitrogens is 2. The van der Waals surface area contributed by atoms with Gasteiger partial charge in [-0.1, -0.05) is 23.9 Å². The number of carbonyl (C=O) groups is 1. The van der Waals surface area contributed by atoms with Crippen molar-refractivity contribution in [3.05, 3.63) is 46.8 Å². The molecule has 148 valence electrons. The number of aromatic nitrogens is 4. The molecule has 0 atom stereocenters. The number of fused-ring (bicyclic) bond motifs is 2. The van der Waals surface area contributed by atoms with Crippen molar-refractivity contribution in [2.45, 2.75) is 18.0 Å². The SMILES string of the molecule is Nc1cc2nc(NC(=O)CCCSc3nc4ccccc4c(=O)[nH]3)[nH]c2cc1N. The van der Waals surface area contributed by atoms with E-state index in [2.05, 4.69) is 25.3 Å². The number of benzene rings is 2. The fourth-order valence-electron chi connectivity index (χ4n) is 2.88. The van der Waals surface area contributed by atoms with Gasteiger partial charge in [0.25, 0.3) is 5.56 Å². The highest BCUT2D eigenvalue weighted by atomic mass is 32.2. The van der Waals surface area contributed by atoms with E-state index in [0.717, 1.165) is 0 Å². The molecule has 0 aliphatic heterocycles. The molecule has 0 unspecified atom stereocenters. The Morgan fingerprint density at radius 3 is 2.72 bits per heavy atom. The van der Waals surface area contributed by atoms with Crippen LogP contribution in [0.5, 0.6) is 0 Å². The van der Waals surface area contributed by atoms with Gasteiger partial charge in [-0.2, -0.15) is 0 Å². The largest absolute Gasteiger partial charge is 0.397 e. The van der Waals surface area contributed by atoms with Crippen LogP contribution in [0.3, 0.4) is 0 Å². The number of rotatable bonds is 6. The summed E-state index contributed by atoms with van der Waals surface area (Å²) in [5.41, 5.74) is 14.3. The molecule has 0 saturated carbocycles. The van der Waals surface area contributed by atoms with Gasteiger partial charge in [0.15, 0.2) is 5.16 Å². The van der Waals surface area contributed by atoms with Gasteiger partial charge < -0.3 is 21.4 Å². The Morgan fingerprint density at radius 2 is 1.86 bits per heavy atom. The van der Waals surface area contributed by atoms with Crippen molar-refractivity contribution in [3.8, 4) is 0 Å². The Morgan fingerprint density at radius 1 is 1.07 bits per heavy atom. The van der Waals surface area contributed by atoms with E-state index in [4.69, 9.17) is 11.5 Å². The van der Waals surface area contributed by atoms with Crippen molar-refractivity contribution in [1.29, 1.82) is 0 Å². The quantitative estimate of drug-likeness (QED) is 0.142. The first kappa shape index (κ1) is 18.8. The summed E-state index contributed by atoms with van der Waals surface area (Å²) in [4.78, 5) is 38.7. The average molecular weight is 409 g/mol. The highest BCUT2D eigenvalue weighted by Gasteiger charge is 2.09. The minimum Gasteiger partial charge on any atom is -0.397 e. The Kier molecular flexibility index (Phi) is 5.09. The second kappa shape index (κ2) is 7.84. The predicted molar refractivity (Wildman–Crippen MR) is 116 cm³/mol. The van der Waals surface area contributed by atoms with Gasteiger partial charge in [-0.15, -0.1) is 0 Å². The molecule has 29 heavy (non-hydrogen) atoms. The molecular weight excluding hydrogens is 390 g/mol. The van der Waals surface area contributed by atoms with E-state index in [1.807, 2.05) is 6.07 Å². The molecule has 7 N–H and O–H groups in total. The second-order valence-corrected chi connectivity index (χ2v) is 7.56. The third-order valence-corrected chi connectivity index (χ3v) is 5.28. The van der Waals surface area contributed by atoms with E-state index in [9.17, 15) is 9.59 Å². The third-order valence-electron chi connectivity index (χ3n) is 4.32. The van der Waals surface area contributed by atoms with Crippen LogP contribution < -0.4 is 22.3 Å². The van der Waals surface area contributed by atoms with Crippen LogP contribution in [0, 0.1) is 0 Å². The molecule has 2 heterocycles. The van der Waals surface area contributed by atoms with Crippen LogP contribution in [-0.2, 0) is 4.79 Å². The first-order valence-corrected chi connectivity index (χ1v) is 9.94. The van der Waals surface area contributed by atoms with Gasteiger partial charge in [0.05, 0.1) is 33.3 Å². The van der Waals surface area contributed by atoms with Crippen LogP contribution in [0.1, 0.15) is 12.8 Å². The fourth-order valence-corrected chi connectivity index (χ4v) is 3.69. The van der Waals surface area contributed by atoms with Crippen molar-refractivity contribution in [2.75, 3.05) is 22.5 Å². The van der Waals surface area contributed by atoms with E-state index in [-0.39, 0.29) is 11.5 Å². The lowest BCUT2D eigenvalue weighted by molar-refractivity contribution is -0.116. The Bertz CT molecular complexity index is 1230. The van der Waals surface area contributed by atoms with Crippen LogP contribution in [0.15, 0.2) is 46.3 Å². The van der Waals surface area contributed by atoms with Crippen LogP contribution >= 0.6 is 11.8 Å². The summed E-state index contributed by atoms with van der Waals surface area (Å²) in [6, 6.07) is 10.5. The van der Waals surface area contributed by atoms with Crippen LogP contribution in [0.4, 0.5) is 17.3 Å². The molecule has 10 heteroatoms. The number of amides is 1. The normalized spacial score (nSPS) is 11.2. The smallest absolute Gasteiger partial charge is 0.259 e. The number of nitrogens with zero attached hydrogens (tertiary/aromatic N) is 2. The number of aromatic amines is 2. The molecule has 0 bridgehead atoms. The number of anilines is 3. The average Bonchev–Trinajstić information content (AvgIpc) is 3.06. The molecular formula is C19H19N7O2S. The van der Waals surface area contributed by atoms with Gasteiger partial charge in [0.2, 0.25) is 11.9 Å². The summed E-state index contributed by atoms with van der Waals surface area (Å²) < 4.78 is 0. The summed E-state index contributed by atoms with van der Waals surface area (Å²) in [5, 5.41) is 3.84. The fraction of sp³-hybridized carbons (Fsp3) is 0.158. The van der Waals surface area contributed by atoms with Crippen LogP contribution in [0.25, 0.3) is 21.9 Å². The van der Waals surface area contributed by atoms with Crippen molar-refractivity contribution in [1.82, 2.24) is 19.9 Å². The van der Waals surface area contributed by atoms with Gasteiger partial charge in [-0.3, -0.25) is 14.9 Å². The zero-order chi connectivity index (χ0) is 20.4. The third kappa shape index (κ3) is 4.16. The maximum atomic E-state index is 12.2. The molecule has 2 aromatic carbocycles. The molecule has 0 spiro atoms. The summed E-state index contributed by atoms with van der Waals surface area (Å²) >= 11 is 1.41. The highest BCUT2D eigenvalue weighted by molar-refractivity contribution is 7.99. The Hall–Kier alpha value is -3.53. The van der Waals surface area contributed by atoms with Crippen molar-refractivity contribution in [3.63, 3.8) is 0 Å². The van der Waals surface area contributed by atoms with Gasteiger partial charge in [-0.25, -0.2) is 9.97 Å². The van der Waals surface area contributed by atoms with Gasteiger partial charge in [-0.05, 0) is 30.7 Å². The lowest BCUT2D eigenvalue weighted by Gasteiger charge is -2.03. The molecule has 4 rings (SSSR count). The number of imidazole rings is 1.